The standard InChI is InChI=1S/C13H26N2O4/c1-6-15(8-7-9-16)11(19)14-13(4,5)12(2,3)10(17)18/h16H,6-9H2,1-5H3,(H,14,19)(H,17,18). The monoisotopic (exact) mass is 274 g/mol. The first kappa shape index (κ1) is 17.7. The fourth-order valence-corrected chi connectivity index (χ4v) is 1.43. The van der Waals surface area contributed by atoms with Gasteiger partial charge in [0.25, 0.3) is 0 Å². The van der Waals surface area contributed by atoms with Crippen LogP contribution >= 0.6 is 0 Å². The molecule has 112 valence electrons. The van der Waals surface area contributed by atoms with Gasteiger partial charge in [0.2, 0.25) is 0 Å². The molecule has 0 aromatic rings. The second-order valence-corrected chi connectivity index (χ2v) is 5.64. The summed E-state index contributed by atoms with van der Waals surface area (Å²) in [7, 11) is 0. The largest absolute Gasteiger partial charge is 0.481 e. The summed E-state index contributed by atoms with van der Waals surface area (Å²) in [6.45, 7) is 9.37. The Morgan fingerprint density at radius 2 is 1.74 bits per heavy atom. The maximum Gasteiger partial charge on any atom is 0.317 e. The van der Waals surface area contributed by atoms with Gasteiger partial charge in [0.1, 0.15) is 0 Å². The van der Waals surface area contributed by atoms with Crippen LogP contribution in [0.5, 0.6) is 0 Å². The van der Waals surface area contributed by atoms with Gasteiger partial charge in [-0.05, 0) is 41.0 Å². The predicted molar refractivity (Wildman–Crippen MR) is 73.0 cm³/mol. The molecule has 2 amide bonds. The zero-order chi connectivity index (χ0) is 15.3. The summed E-state index contributed by atoms with van der Waals surface area (Å²) in [6.07, 6.45) is 0.504. The van der Waals surface area contributed by atoms with Crippen LogP contribution in [0.3, 0.4) is 0 Å². The summed E-state index contributed by atoms with van der Waals surface area (Å²) >= 11 is 0. The average molecular weight is 274 g/mol. The lowest BCUT2D eigenvalue weighted by molar-refractivity contribution is -0.150. The van der Waals surface area contributed by atoms with Crippen LogP contribution in [-0.4, -0.2) is 52.3 Å². The Kier molecular flexibility index (Phi) is 6.29. The zero-order valence-electron chi connectivity index (χ0n) is 12.5. The minimum absolute atomic E-state index is 0.0216. The van der Waals surface area contributed by atoms with Gasteiger partial charge in [-0.1, -0.05) is 0 Å². The molecule has 19 heavy (non-hydrogen) atoms. The summed E-state index contributed by atoms with van der Waals surface area (Å²) in [6, 6.07) is -0.310. The topological polar surface area (TPSA) is 89.9 Å². The van der Waals surface area contributed by atoms with Crippen molar-refractivity contribution in [1.82, 2.24) is 10.2 Å². The van der Waals surface area contributed by atoms with E-state index in [1.54, 1.807) is 32.6 Å². The molecule has 0 aliphatic heterocycles. The molecule has 0 rings (SSSR count). The highest BCUT2D eigenvalue weighted by Crippen LogP contribution is 2.30. The number of carboxylic acid groups (broad SMARTS) is 1. The van der Waals surface area contributed by atoms with Gasteiger partial charge >= 0.3 is 12.0 Å². The van der Waals surface area contributed by atoms with E-state index < -0.39 is 16.9 Å². The number of urea groups is 1. The maximum atomic E-state index is 12.1. The van der Waals surface area contributed by atoms with Gasteiger partial charge in [-0.2, -0.15) is 0 Å². The number of aliphatic hydroxyl groups is 1. The fourth-order valence-electron chi connectivity index (χ4n) is 1.43. The highest BCUT2D eigenvalue weighted by molar-refractivity contribution is 5.79. The first-order valence-electron chi connectivity index (χ1n) is 6.51. The van der Waals surface area contributed by atoms with E-state index in [1.165, 1.54) is 0 Å². The van der Waals surface area contributed by atoms with E-state index in [9.17, 15) is 14.7 Å². The lowest BCUT2D eigenvalue weighted by Gasteiger charge is -2.40. The first-order valence-corrected chi connectivity index (χ1v) is 6.51. The summed E-state index contributed by atoms with van der Waals surface area (Å²) in [5, 5.41) is 20.8. The van der Waals surface area contributed by atoms with E-state index in [-0.39, 0.29) is 12.6 Å². The van der Waals surface area contributed by atoms with Gasteiger partial charge in [-0.25, -0.2) is 4.79 Å². The SMILES string of the molecule is CCN(CCCO)C(=O)NC(C)(C)C(C)(C)C(=O)O. The Labute approximate surface area is 114 Å². The third-order valence-corrected chi connectivity index (χ3v) is 3.77. The highest BCUT2D eigenvalue weighted by Gasteiger charge is 2.44. The fraction of sp³-hybridized carbons (Fsp3) is 0.846. The van der Waals surface area contributed by atoms with Crippen LogP contribution in [0.4, 0.5) is 4.79 Å². The summed E-state index contributed by atoms with van der Waals surface area (Å²) < 4.78 is 0. The van der Waals surface area contributed by atoms with E-state index in [2.05, 4.69) is 5.32 Å². The lowest BCUT2D eigenvalue weighted by Crippen LogP contribution is -2.59. The first-order chi connectivity index (χ1) is 8.60. The molecule has 3 N–H and O–H groups in total. The Balaban J connectivity index is 4.81. The number of carbonyl (C=O) groups is 2. The smallest absolute Gasteiger partial charge is 0.317 e. The van der Waals surface area contributed by atoms with E-state index in [1.807, 2.05) is 6.92 Å². The molecule has 0 radical (unpaired) electrons. The zero-order valence-corrected chi connectivity index (χ0v) is 12.5. The minimum atomic E-state index is -1.08. The van der Waals surface area contributed by atoms with Gasteiger partial charge in [-0.15, -0.1) is 0 Å². The minimum Gasteiger partial charge on any atom is -0.481 e. The number of aliphatic hydroxyl groups excluding tert-OH is 1. The molecule has 0 aromatic heterocycles. The predicted octanol–water partition coefficient (Wildman–Crippen LogP) is 1.29. The third-order valence-electron chi connectivity index (χ3n) is 3.77. The van der Waals surface area contributed by atoms with Crippen LogP contribution in [0, 0.1) is 5.41 Å². The van der Waals surface area contributed by atoms with E-state index in [0.717, 1.165) is 0 Å². The number of amides is 2. The van der Waals surface area contributed by atoms with Crippen LogP contribution < -0.4 is 5.32 Å². The molecular formula is C13H26N2O4. The van der Waals surface area contributed by atoms with Gasteiger partial charge in [-0.3, -0.25) is 4.79 Å². The van der Waals surface area contributed by atoms with Crippen LogP contribution in [0.2, 0.25) is 0 Å². The van der Waals surface area contributed by atoms with Crippen LogP contribution in [0.15, 0.2) is 0 Å². The van der Waals surface area contributed by atoms with Crippen molar-refractivity contribution in [1.29, 1.82) is 0 Å². The number of rotatable bonds is 7. The van der Waals surface area contributed by atoms with Crippen molar-refractivity contribution in [3.8, 4) is 0 Å². The number of aliphatic carboxylic acids is 1. The number of carboxylic acids is 1. The molecule has 6 heteroatoms. The summed E-state index contributed by atoms with van der Waals surface area (Å²) in [4.78, 5) is 24.9. The Morgan fingerprint density at radius 3 is 2.11 bits per heavy atom. The molecule has 0 aromatic carbocycles. The van der Waals surface area contributed by atoms with Crippen molar-refractivity contribution in [2.45, 2.75) is 46.6 Å². The molecule has 0 fully saturated rings. The molecule has 0 unspecified atom stereocenters. The Hall–Kier alpha value is -1.30. The molecule has 0 saturated carbocycles. The van der Waals surface area contributed by atoms with Crippen molar-refractivity contribution in [2.24, 2.45) is 5.41 Å². The van der Waals surface area contributed by atoms with Crippen LogP contribution in [-0.2, 0) is 4.79 Å². The van der Waals surface area contributed by atoms with Crippen molar-refractivity contribution in [2.75, 3.05) is 19.7 Å². The quantitative estimate of drug-likeness (QED) is 0.652. The molecule has 6 nitrogen and oxygen atoms in total. The van der Waals surface area contributed by atoms with Crippen molar-refractivity contribution in [3.63, 3.8) is 0 Å². The van der Waals surface area contributed by atoms with Crippen LogP contribution in [0.1, 0.15) is 41.0 Å². The Morgan fingerprint density at radius 1 is 1.21 bits per heavy atom. The number of hydrogen-bond acceptors (Lipinski definition) is 3. The average Bonchev–Trinajstić information content (AvgIpc) is 2.28. The van der Waals surface area contributed by atoms with Gasteiger partial charge in [0, 0.05) is 19.7 Å². The summed E-state index contributed by atoms with van der Waals surface area (Å²) in [5.41, 5.74) is -1.97. The van der Waals surface area contributed by atoms with Crippen molar-refractivity contribution in [3.05, 3.63) is 0 Å². The second kappa shape index (κ2) is 6.75. The van der Waals surface area contributed by atoms with Gasteiger partial charge in [0.05, 0.1) is 11.0 Å². The van der Waals surface area contributed by atoms with E-state index >= 15 is 0 Å². The van der Waals surface area contributed by atoms with E-state index in [0.29, 0.717) is 19.5 Å². The molecular weight excluding hydrogens is 248 g/mol. The molecule has 0 heterocycles. The molecule has 0 aliphatic rings. The maximum absolute atomic E-state index is 12.1. The summed E-state index contributed by atoms with van der Waals surface area (Å²) in [5.74, 6) is -0.962. The highest BCUT2D eigenvalue weighted by atomic mass is 16.4. The lowest BCUT2D eigenvalue weighted by atomic mass is 9.74. The number of nitrogens with zero attached hydrogens (tertiary/aromatic N) is 1. The van der Waals surface area contributed by atoms with Crippen molar-refractivity contribution < 1.29 is 19.8 Å². The number of nitrogens with one attached hydrogen (secondary N) is 1. The van der Waals surface area contributed by atoms with Gasteiger partial charge in [0.15, 0.2) is 0 Å². The van der Waals surface area contributed by atoms with E-state index in [4.69, 9.17) is 5.11 Å². The number of hydrogen-bond donors (Lipinski definition) is 3. The van der Waals surface area contributed by atoms with Crippen molar-refractivity contribution >= 4 is 12.0 Å². The Bertz CT molecular complexity index is 327. The molecule has 0 atom stereocenters. The van der Waals surface area contributed by atoms with Gasteiger partial charge < -0.3 is 20.4 Å². The normalized spacial score (nSPS) is 12.1. The second-order valence-electron chi connectivity index (χ2n) is 5.64. The van der Waals surface area contributed by atoms with Crippen LogP contribution in [0.25, 0.3) is 0 Å². The molecule has 0 saturated heterocycles. The molecule has 0 aliphatic carbocycles. The molecule has 0 bridgehead atoms. The number of carbonyl (C=O) groups excluding carboxylic acids is 1. The molecule has 0 spiro atoms. The third kappa shape index (κ3) is 4.38.